The second kappa shape index (κ2) is 17.1. The van der Waals surface area contributed by atoms with E-state index >= 15 is 0 Å². The number of aromatic nitrogens is 6. The molecule has 0 unspecified atom stereocenters. The van der Waals surface area contributed by atoms with Crippen LogP contribution >= 0.6 is 46.4 Å². The minimum Gasteiger partial charge on any atom is -0.532 e. The van der Waals surface area contributed by atoms with Gasteiger partial charge in [-0.25, -0.2) is 0 Å². The molecule has 208 valence electrons. The molecule has 0 aliphatic heterocycles. The van der Waals surface area contributed by atoms with Gasteiger partial charge in [-0.1, -0.05) is 12.2 Å². The van der Waals surface area contributed by atoms with E-state index in [0.717, 1.165) is 0 Å². The summed E-state index contributed by atoms with van der Waals surface area (Å²) in [4.78, 5) is 22.8. The third kappa shape index (κ3) is 11.2. The van der Waals surface area contributed by atoms with Gasteiger partial charge in [-0.05, 0) is 70.7 Å². The molecule has 0 aliphatic rings. The number of hydrogen-bond acceptors (Lipinski definition) is 16. The summed E-state index contributed by atoms with van der Waals surface area (Å²) >= 11 is 23.1. The first-order chi connectivity index (χ1) is 19.0. The van der Waals surface area contributed by atoms with Crippen LogP contribution in [0, 0.1) is 0 Å². The van der Waals surface area contributed by atoms with Gasteiger partial charge in [-0.2, -0.15) is 29.9 Å². The summed E-state index contributed by atoms with van der Waals surface area (Å²) in [6.07, 6.45) is 2.94. The molecule has 0 saturated heterocycles. The monoisotopic (exact) mass is 708 g/mol. The van der Waals surface area contributed by atoms with Crippen molar-refractivity contribution in [1.29, 1.82) is 0 Å². The Kier molecular flexibility index (Phi) is 14.9. The van der Waals surface area contributed by atoms with Gasteiger partial charge < -0.3 is 35.8 Å². The molecule has 0 radical (unpaired) electrons. The van der Waals surface area contributed by atoms with Crippen LogP contribution in [0.25, 0.3) is 12.2 Å². The number of rotatable bonds is 10. The largest absolute Gasteiger partial charge is 1.00 e. The SMILES string of the molecule is O=[S-](=O)Oc1cc(Nc2nc(Cl)nc(Cl)n2)ccc1C=Cc1ccc(Nc2nc(Cl)nc(Cl)n2)cc1O[S-](=O)=O.[Na+].[Na+]. The zero-order valence-electron chi connectivity index (χ0n) is 21.1. The average molecular weight is 710 g/mol. The van der Waals surface area contributed by atoms with Crippen LogP contribution in [0.1, 0.15) is 11.1 Å². The normalized spacial score (nSPS) is 10.7. The zero-order chi connectivity index (χ0) is 28.8. The van der Waals surface area contributed by atoms with Crippen molar-refractivity contribution in [1.82, 2.24) is 29.9 Å². The summed E-state index contributed by atoms with van der Waals surface area (Å²) < 4.78 is 55.0. The molecule has 0 aliphatic carbocycles. The van der Waals surface area contributed by atoms with Crippen LogP contribution in [0.4, 0.5) is 23.3 Å². The standard InChI is InChI=1S/C20H10Cl4N8O6S2.2Na/c21-15-27-16(22)30-19(29-15)25-11-5-3-9(13(7-11)37-39(33)34)1-2-10-4-6-12(8-14(10)38-40(35)36)26-20-31-17(23)28-18(24)32-20;;/h1-8H,(H,25,27,29,30)(H,26,28,31,32);;/q-2;2*+1. The summed E-state index contributed by atoms with van der Waals surface area (Å²) in [5.74, 6) is -0.161. The van der Waals surface area contributed by atoms with Gasteiger partial charge in [0.15, 0.2) is 0 Å². The van der Waals surface area contributed by atoms with Crippen molar-refractivity contribution in [2.45, 2.75) is 0 Å². The Morgan fingerprint density at radius 1 is 0.571 bits per heavy atom. The van der Waals surface area contributed by atoms with Crippen molar-refractivity contribution in [3.05, 3.63) is 68.7 Å². The third-order valence-corrected chi connectivity index (χ3v) is 5.77. The molecular weight excluding hydrogens is 700 g/mol. The van der Waals surface area contributed by atoms with Crippen LogP contribution < -0.4 is 78.1 Å². The Bertz CT molecular complexity index is 1600. The molecular formula is C20H10Cl4N8Na2O6S2. The van der Waals surface area contributed by atoms with E-state index in [2.05, 4.69) is 40.5 Å². The van der Waals surface area contributed by atoms with E-state index in [-0.39, 0.29) is 104 Å². The van der Waals surface area contributed by atoms with Gasteiger partial charge in [-0.15, -0.1) is 0 Å². The third-order valence-electron chi connectivity index (χ3n) is 4.46. The first-order valence-corrected chi connectivity index (χ1v) is 13.7. The number of halogens is 4. The van der Waals surface area contributed by atoms with E-state index in [0.29, 0.717) is 22.5 Å². The van der Waals surface area contributed by atoms with E-state index in [4.69, 9.17) is 54.8 Å². The summed E-state index contributed by atoms with van der Waals surface area (Å²) in [6, 6.07) is 8.86. The average Bonchev–Trinajstić information content (AvgIpc) is 2.82. The topological polar surface area (TPSA) is 188 Å². The molecule has 2 heterocycles. The second-order valence-corrected chi connectivity index (χ2v) is 9.56. The molecule has 4 rings (SSSR count). The summed E-state index contributed by atoms with van der Waals surface area (Å²) in [6.45, 7) is 0. The molecule has 2 aromatic heterocycles. The molecule has 4 aromatic rings. The first-order valence-electron chi connectivity index (χ1n) is 10.2. The molecule has 0 atom stereocenters. The Balaban J connectivity index is 0.00000308. The van der Waals surface area contributed by atoms with Crippen LogP contribution in [0.15, 0.2) is 36.4 Å². The van der Waals surface area contributed by atoms with Crippen molar-refractivity contribution in [3.63, 3.8) is 0 Å². The maximum absolute atomic E-state index is 11.3. The van der Waals surface area contributed by atoms with Crippen molar-refractivity contribution in [2.24, 2.45) is 0 Å². The summed E-state index contributed by atoms with van der Waals surface area (Å²) in [7, 11) is -5.84. The van der Waals surface area contributed by atoms with Crippen molar-refractivity contribution < 1.29 is 84.3 Å². The molecule has 14 nitrogen and oxygen atoms in total. The van der Waals surface area contributed by atoms with Crippen molar-refractivity contribution >= 4 is 104 Å². The maximum Gasteiger partial charge on any atom is 1.00 e. The molecule has 0 spiro atoms. The fourth-order valence-electron chi connectivity index (χ4n) is 2.99. The van der Waals surface area contributed by atoms with Crippen LogP contribution in [-0.2, 0) is 38.8 Å². The molecule has 0 amide bonds. The Hall–Kier alpha value is -1.54. The van der Waals surface area contributed by atoms with E-state index in [9.17, 15) is 16.8 Å². The molecule has 0 bridgehead atoms. The molecule has 2 aromatic carbocycles. The summed E-state index contributed by atoms with van der Waals surface area (Å²) in [5, 5.41) is 4.99. The molecule has 22 heteroatoms. The van der Waals surface area contributed by atoms with Gasteiger partial charge in [-0.3, -0.25) is 0 Å². The van der Waals surface area contributed by atoms with E-state index in [1.54, 1.807) is 12.1 Å². The van der Waals surface area contributed by atoms with Gasteiger partial charge >= 0.3 is 59.1 Å². The molecule has 2 N–H and O–H groups in total. The van der Waals surface area contributed by atoms with E-state index in [1.807, 2.05) is 0 Å². The number of nitrogens with one attached hydrogen (secondary N) is 2. The van der Waals surface area contributed by atoms with Crippen molar-refractivity contribution in [2.75, 3.05) is 10.6 Å². The fraction of sp³-hybridized carbons (Fsp3) is 0. The predicted molar refractivity (Wildman–Crippen MR) is 147 cm³/mol. The number of nitrogens with zero attached hydrogens (tertiary/aromatic N) is 6. The van der Waals surface area contributed by atoms with Crippen LogP contribution in [0.3, 0.4) is 0 Å². The predicted octanol–water partition coefficient (Wildman–Crippen LogP) is -0.458. The number of benzene rings is 2. The minimum absolute atomic E-state index is 0. The van der Waals surface area contributed by atoms with Gasteiger partial charge in [0.2, 0.25) is 33.0 Å². The smallest absolute Gasteiger partial charge is 0.532 e. The quantitative estimate of drug-likeness (QED) is 0.122. The molecule has 0 fully saturated rings. The van der Waals surface area contributed by atoms with Crippen LogP contribution in [0.5, 0.6) is 11.5 Å². The van der Waals surface area contributed by atoms with Crippen LogP contribution in [0.2, 0.25) is 21.1 Å². The first kappa shape index (κ1) is 36.7. The second-order valence-electron chi connectivity index (χ2n) is 7.06. The Morgan fingerprint density at radius 3 is 1.21 bits per heavy atom. The zero-order valence-corrected chi connectivity index (χ0v) is 29.7. The van der Waals surface area contributed by atoms with Gasteiger partial charge in [0.25, 0.3) is 0 Å². The summed E-state index contributed by atoms with van der Waals surface area (Å²) in [5.41, 5.74) is 1.26. The number of anilines is 4. The maximum atomic E-state index is 11.3. The van der Waals surface area contributed by atoms with Crippen molar-refractivity contribution in [3.8, 4) is 11.5 Å². The Morgan fingerprint density at radius 2 is 0.905 bits per heavy atom. The Labute approximate surface area is 305 Å². The van der Waals surface area contributed by atoms with Gasteiger partial charge in [0.1, 0.15) is 33.5 Å². The molecule has 42 heavy (non-hydrogen) atoms. The number of hydrogen-bond donors (Lipinski definition) is 2. The van der Waals surface area contributed by atoms with Crippen LogP contribution in [-0.4, -0.2) is 29.9 Å². The van der Waals surface area contributed by atoms with Gasteiger partial charge in [0, 0.05) is 34.6 Å². The van der Waals surface area contributed by atoms with E-state index in [1.165, 1.54) is 36.4 Å². The van der Waals surface area contributed by atoms with E-state index < -0.39 is 22.0 Å². The molecule has 0 saturated carbocycles. The fourth-order valence-corrected chi connectivity index (χ4v) is 4.30. The van der Waals surface area contributed by atoms with Gasteiger partial charge in [0.05, 0.1) is 0 Å². The minimum atomic E-state index is -2.92.